The standard InChI is InChI=1S/C12H20N4/c1-16-12(8-14-15-16)11-4-2-3-9(11)7-13-10-5-6-10/h8-11,13H,2-7H2,1H3. The third kappa shape index (κ3) is 1.98. The van der Waals surface area contributed by atoms with Crippen molar-refractivity contribution in [1.82, 2.24) is 20.3 Å². The first kappa shape index (κ1) is 10.3. The van der Waals surface area contributed by atoms with Crippen molar-refractivity contribution in [2.24, 2.45) is 13.0 Å². The molecule has 2 aliphatic rings. The summed E-state index contributed by atoms with van der Waals surface area (Å²) in [5, 5.41) is 11.7. The van der Waals surface area contributed by atoms with Crippen LogP contribution >= 0.6 is 0 Å². The van der Waals surface area contributed by atoms with E-state index in [1.165, 1.54) is 44.3 Å². The maximum atomic E-state index is 4.05. The molecule has 1 N–H and O–H groups in total. The number of nitrogens with zero attached hydrogens (tertiary/aromatic N) is 3. The molecule has 2 saturated carbocycles. The van der Waals surface area contributed by atoms with Gasteiger partial charge in [0, 0.05) is 19.0 Å². The summed E-state index contributed by atoms with van der Waals surface area (Å²) >= 11 is 0. The van der Waals surface area contributed by atoms with E-state index in [-0.39, 0.29) is 0 Å². The SMILES string of the molecule is Cn1nncc1C1CCCC1CNC1CC1. The van der Waals surface area contributed by atoms with Gasteiger partial charge in [-0.2, -0.15) is 0 Å². The van der Waals surface area contributed by atoms with Crippen LogP contribution in [0.25, 0.3) is 0 Å². The zero-order valence-electron chi connectivity index (χ0n) is 9.89. The van der Waals surface area contributed by atoms with Gasteiger partial charge in [-0.25, -0.2) is 0 Å². The fourth-order valence-electron chi connectivity index (χ4n) is 2.91. The summed E-state index contributed by atoms with van der Waals surface area (Å²) in [7, 11) is 2.01. The molecule has 2 atom stereocenters. The Balaban J connectivity index is 1.66. The van der Waals surface area contributed by atoms with Crippen molar-refractivity contribution in [3.05, 3.63) is 11.9 Å². The molecule has 0 saturated heterocycles. The molecule has 1 aromatic rings. The number of aryl methyl sites for hydroxylation is 1. The summed E-state index contributed by atoms with van der Waals surface area (Å²) in [6, 6.07) is 0.825. The quantitative estimate of drug-likeness (QED) is 0.835. The van der Waals surface area contributed by atoms with Gasteiger partial charge in [0.2, 0.25) is 0 Å². The van der Waals surface area contributed by atoms with Gasteiger partial charge in [0.15, 0.2) is 0 Å². The van der Waals surface area contributed by atoms with Crippen molar-refractivity contribution in [1.29, 1.82) is 0 Å². The van der Waals surface area contributed by atoms with Crippen molar-refractivity contribution < 1.29 is 0 Å². The van der Waals surface area contributed by atoms with E-state index in [2.05, 4.69) is 15.6 Å². The number of rotatable bonds is 4. The molecule has 0 amide bonds. The van der Waals surface area contributed by atoms with Crippen LogP contribution in [0.1, 0.15) is 43.7 Å². The smallest absolute Gasteiger partial charge is 0.0728 e. The third-order valence-electron chi connectivity index (χ3n) is 4.03. The lowest BCUT2D eigenvalue weighted by Crippen LogP contribution is -2.26. The van der Waals surface area contributed by atoms with Crippen LogP contribution in [0.2, 0.25) is 0 Å². The van der Waals surface area contributed by atoms with Gasteiger partial charge in [0.25, 0.3) is 0 Å². The van der Waals surface area contributed by atoms with Gasteiger partial charge >= 0.3 is 0 Å². The number of nitrogens with one attached hydrogen (secondary N) is 1. The second kappa shape index (κ2) is 4.17. The van der Waals surface area contributed by atoms with E-state index < -0.39 is 0 Å². The maximum Gasteiger partial charge on any atom is 0.0728 e. The van der Waals surface area contributed by atoms with Crippen LogP contribution in [0.4, 0.5) is 0 Å². The second-order valence-electron chi connectivity index (χ2n) is 5.26. The molecule has 16 heavy (non-hydrogen) atoms. The molecule has 4 nitrogen and oxygen atoms in total. The molecular weight excluding hydrogens is 200 g/mol. The van der Waals surface area contributed by atoms with Crippen molar-refractivity contribution in [2.75, 3.05) is 6.54 Å². The number of hydrogen-bond donors (Lipinski definition) is 1. The average molecular weight is 220 g/mol. The zero-order valence-corrected chi connectivity index (χ0v) is 9.89. The molecule has 2 aliphatic carbocycles. The topological polar surface area (TPSA) is 42.7 Å². The third-order valence-corrected chi connectivity index (χ3v) is 4.03. The van der Waals surface area contributed by atoms with Crippen LogP contribution in [0.3, 0.4) is 0 Å². The van der Waals surface area contributed by atoms with Crippen LogP contribution in [0.15, 0.2) is 6.20 Å². The molecule has 0 aliphatic heterocycles. The van der Waals surface area contributed by atoms with Crippen molar-refractivity contribution >= 4 is 0 Å². The van der Waals surface area contributed by atoms with Crippen molar-refractivity contribution in [3.8, 4) is 0 Å². The number of hydrogen-bond acceptors (Lipinski definition) is 3. The van der Waals surface area contributed by atoms with Gasteiger partial charge in [0.05, 0.1) is 11.9 Å². The van der Waals surface area contributed by atoms with Gasteiger partial charge in [0.1, 0.15) is 0 Å². The van der Waals surface area contributed by atoms with Gasteiger partial charge in [-0.05, 0) is 38.1 Å². The maximum absolute atomic E-state index is 4.05. The second-order valence-corrected chi connectivity index (χ2v) is 5.26. The summed E-state index contributed by atoms with van der Waals surface area (Å²) in [5.74, 6) is 1.46. The Morgan fingerprint density at radius 2 is 2.25 bits per heavy atom. The molecular formula is C12H20N4. The molecule has 0 spiro atoms. The highest BCUT2D eigenvalue weighted by Crippen LogP contribution is 2.39. The molecule has 2 fully saturated rings. The Hall–Kier alpha value is -0.900. The minimum Gasteiger partial charge on any atom is -0.314 e. The summed E-state index contributed by atoms with van der Waals surface area (Å²) in [6.07, 6.45) is 8.72. The molecule has 4 heteroatoms. The summed E-state index contributed by atoms with van der Waals surface area (Å²) < 4.78 is 1.94. The predicted molar refractivity (Wildman–Crippen MR) is 62.1 cm³/mol. The molecule has 0 bridgehead atoms. The van der Waals surface area contributed by atoms with Crippen molar-refractivity contribution in [2.45, 2.75) is 44.1 Å². The predicted octanol–water partition coefficient (Wildman–Crippen LogP) is 1.45. The lowest BCUT2D eigenvalue weighted by molar-refractivity contribution is 0.426. The molecule has 1 aromatic heterocycles. The van der Waals surface area contributed by atoms with Crippen LogP contribution in [0, 0.1) is 5.92 Å². The molecule has 88 valence electrons. The van der Waals surface area contributed by atoms with Gasteiger partial charge in [-0.15, -0.1) is 5.10 Å². The van der Waals surface area contributed by atoms with E-state index >= 15 is 0 Å². The highest BCUT2D eigenvalue weighted by molar-refractivity contribution is 5.08. The molecule has 3 rings (SSSR count). The Morgan fingerprint density at radius 1 is 1.38 bits per heavy atom. The van der Waals surface area contributed by atoms with Crippen LogP contribution in [-0.4, -0.2) is 27.6 Å². The molecule has 0 radical (unpaired) electrons. The van der Waals surface area contributed by atoms with E-state index in [9.17, 15) is 0 Å². The summed E-state index contributed by atoms with van der Waals surface area (Å²) in [4.78, 5) is 0. The van der Waals surface area contributed by atoms with Gasteiger partial charge in [-0.3, -0.25) is 4.68 Å². The minimum atomic E-state index is 0.672. The van der Waals surface area contributed by atoms with Crippen LogP contribution in [-0.2, 0) is 7.05 Å². The first-order valence-corrected chi connectivity index (χ1v) is 6.42. The van der Waals surface area contributed by atoms with E-state index in [1.54, 1.807) is 0 Å². The number of aromatic nitrogens is 3. The van der Waals surface area contributed by atoms with E-state index in [4.69, 9.17) is 0 Å². The Bertz CT molecular complexity index is 356. The Labute approximate surface area is 96.4 Å². The summed E-state index contributed by atoms with van der Waals surface area (Å²) in [6.45, 7) is 1.18. The van der Waals surface area contributed by atoms with Crippen molar-refractivity contribution in [3.63, 3.8) is 0 Å². The highest BCUT2D eigenvalue weighted by Gasteiger charge is 2.32. The van der Waals surface area contributed by atoms with Gasteiger partial charge in [-0.1, -0.05) is 11.6 Å². The molecule has 0 aromatic carbocycles. The van der Waals surface area contributed by atoms with E-state index in [0.29, 0.717) is 5.92 Å². The first-order chi connectivity index (χ1) is 7.84. The minimum absolute atomic E-state index is 0.672. The fourth-order valence-corrected chi connectivity index (χ4v) is 2.91. The van der Waals surface area contributed by atoms with Gasteiger partial charge < -0.3 is 5.32 Å². The average Bonchev–Trinajstić information content (AvgIpc) is 2.83. The highest BCUT2D eigenvalue weighted by atomic mass is 15.4. The van der Waals surface area contributed by atoms with E-state index in [0.717, 1.165) is 12.0 Å². The lowest BCUT2D eigenvalue weighted by atomic mass is 9.93. The monoisotopic (exact) mass is 220 g/mol. The fraction of sp³-hybridized carbons (Fsp3) is 0.833. The van der Waals surface area contributed by atoms with Crippen LogP contribution in [0.5, 0.6) is 0 Å². The molecule has 1 heterocycles. The Morgan fingerprint density at radius 3 is 2.94 bits per heavy atom. The van der Waals surface area contributed by atoms with E-state index in [1.807, 2.05) is 17.9 Å². The Kier molecular flexibility index (Phi) is 2.67. The normalized spacial score (nSPS) is 29.8. The lowest BCUT2D eigenvalue weighted by Gasteiger charge is -2.19. The zero-order chi connectivity index (χ0) is 11.0. The largest absolute Gasteiger partial charge is 0.314 e. The summed E-state index contributed by atoms with van der Waals surface area (Å²) in [5.41, 5.74) is 1.32. The van der Waals surface area contributed by atoms with Crippen LogP contribution < -0.4 is 5.32 Å². The first-order valence-electron chi connectivity index (χ1n) is 6.42. The molecule has 2 unspecified atom stereocenters.